The van der Waals surface area contributed by atoms with Gasteiger partial charge in [0.1, 0.15) is 5.58 Å². The number of fused-ring (bicyclic) bond motifs is 1. The molecule has 0 atom stereocenters. The van der Waals surface area contributed by atoms with Crippen LogP contribution < -0.4 is 5.63 Å². The van der Waals surface area contributed by atoms with Gasteiger partial charge in [-0.1, -0.05) is 15.9 Å². The molecule has 0 saturated carbocycles. The van der Waals surface area contributed by atoms with E-state index >= 15 is 0 Å². The Kier molecular flexibility index (Phi) is 2.76. The third-order valence-corrected chi connectivity index (χ3v) is 3.18. The molecule has 0 fully saturated rings. The van der Waals surface area contributed by atoms with Crippen LogP contribution in [0, 0.1) is 0 Å². The zero-order valence-electron chi connectivity index (χ0n) is 9.34. The Morgan fingerprint density at radius 1 is 1.33 bits per heavy atom. The van der Waals surface area contributed by atoms with Gasteiger partial charge in [0.15, 0.2) is 0 Å². The molecule has 0 bridgehead atoms. The standard InChI is InChI=1S/C13H9BrN2O2/c14-10-2-3-11-9(8-16-5-1-4-15-16)6-13(17)18-12(11)7-10/h1-7H,8H2. The lowest BCUT2D eigenvalue weighted by molar-refractivity contribution is 0.556. The SMILES string of the molecule is O=c1cc(Cn2cccn2)c2ccc(Br)cc2o1. The molecule has 0 amide bonds. The molecule has 2 heterocycles. The number of aromatic nitrogens is 2. The Balaban J connectivity index is 2.18. The van der Waals surface area contributed by atoms with Crippen molar-refractivity contribution < 1.29 is 4.42 Å². The molecule has 0 aliphatic rings. The first-order chi connectivity index (χ1) is 8.72. The molecule has 18 heavy (non-hydrogen) atoms. The number of hydrogen-bond acceptors (Lipinski definition) is 3. The molecule has 0 aliphatic heterocycles. The van der Waals surface area contributed by atoms with E-state index in [1.54, 1.807) is 16.9 Å². The normalized spacial score (nSPS) is 10.9. The molecule has 1 aromatic carbocycles. The van der Waals surface area contributed by atoms with Gasteiger partial charge < -0.3 is 4.42 Å². The summed E-state index contributed by atoms with van der Waals surface area (Å²) in [4.78, 5) is 11.5. The molecule has 4 nitrogen and oxygen atoms in total. The fourth-order valence-electron chi connectivity index (χ4n) is 1.90. The van der Waals surface area contributed by atoms with Crippen molar-refractivity contribution in [2.24, 2.45) is 0 Å². The Hall–Kier alpha value is -1.88. The molecule has 0 aliphatic carbocycles. The fraction of sp³-hybridized carbons (Fsp3) is 0.0769. The third-order valence-electron chi connectivity index (χ3n) is 2.68. The minimum absolute atomic E-state index is 0.345. The van der Waals surface area contributed by atoms with Crippen LogP contribution >= 0.6 is 15.9 Å². The predicted octanol–water partition coefficient (Wildman–Crippen LogP) is 2.80. The smallest absolute Gasteiger partial charge is 0.336 e. The average Bonchev–Trinajstić information content (AvgIpc) is 2.80. The van der Waals surface area contributed by atoms with Gasteiger partial charge in [-0.25, -0.2) is 4.79 Å². The lowest BCUT2D eigenvalue weighted by Crippen LogP contribution is -2.06. The first-order valence-corrected chi connectivity index (χ1v) is 6.21. The van der Waals surface area contributed by atoms with Gasteiger partial charge in [0, 0.05) is 28.3 Å². The van der Waals surface area contributed by atoms with Gasteiger partial charge in [0.05, 0.1) is 6.54 Å². The van der Waals surface area contributed by atoms with E-state index in [0.29, 0.717) is 12.1 Å². The van der Waals surface area contributed by atoms with Crippen molar-refractivity contribution in [1.82, 2.24) is 9.78 Å². The van der Waals surface area contributed by atoms with E-state index in [1.165, 1.54) is 6.07 Å². The molecule has 0 radical (unpaired) electrons. The number of rotatable bonds is 2. The Bertz CT molecular complexity index is 747. The summed E-state index contributed by atoms with van der Waals surface area (Å²) >= 11 is 3.36. The van der Waals surface area contributed by atoms with Gasteiger partial charge in [-0.15, -0.1) is 0 Å². The lowest BCUT2D eigenvalue weighted by Gasteiger charge is -2.05. The number of halogens is 1. The summed E-state index contributed by atoms with van der Waals surface area (Å²) in [6, 6.07) is 9.02. The summed E-state index contributed by atoms with van der Waals surface area (Å²) in [5.74, 6) is 0. The first-order valence-electron chi connectivity index (χ1n) is 5.42. The van der Waals surface area contributed by atoms with Crippen LogP contribution in [-0.4, -0.2) is 9.78 Å². The summed E-state index contributed by atoms with van der Waals surface area (Å²) in [6.07, 6.45) is 3.57. The summed E-state index contributed by atoms with van der Waals surface area (Å²) in [6.45, 7) is 0.552. The average molecular weight is 305 g/mol. The van der Waals surface area contributed by atoms with Crippen molar-refractivity contribution in [3.05, 3.63) is 63.2 Å². The van der Waals surface area contributed by atoms with E-state index in [1.807, 2.05) is 24.4 Å². The van der Waals surface area contributed by atoms with Gasteiger partial charge >= 0.3 is 5.63 Å². The highest BCUT2D eigenvalue weighted by atomic mass is 79.9. The summed E-state index contributed by atoms with van der Waals surface area (Å²) in [5.41, 5.74) is 1.14. The summed E-state index contributed by atoms with van der Waals surface area (Å²) in [5, 5.41) is 5.06. The number of nitrogens with zero attached hydrogens (tertiary/aromatic N) is 2. The lowest BCUT2D eigenvalue weighted by atomic mass is 10.1. The summed E-state index contributed by atoms with van der Waals surface area (Å²) < 4.78 is 7.84. The van der Waals surface area contributed by atoms with E-state index in [0.717, 1.165) is 15.4 Å². The van der Waals surface area contributed by atoms with Crippen LogP contribution in [0.5, 0.6) is 0 Å². The topological polar surface area (TPSA) is 48.0 Å². The van der Waals surface area contributed by atoms with E-state index < -0.39 is 0 Å². The Morgan fingerprint density at radius 2 is 2.22 bits per heavy atom. The van der Waals surface area contributed by atoms with Crippen LogP contribution in [0.15, 0.2) is 56.4 Å². The minimum Gasteiger partial charge on any atom is -0.423 e. The van der Waals surface area contributed by atoms with Crippen molar-refractivity contribution in [3.63, 3.8) is 0 Å². The van der Waals surface area contributed by atoms with Crippen LogP contribution in [-0.2, 0) is 6.54 Å². The fourth-order valence-corrected chi connectivity index (χ4v) is 2.24. The molecule has 5 heteroatoms. The minimum atomic E-state index is -0.345. The zero-order chi connectivity index (χ0) is 12.5. The van der Waals surface area contributed by atoms with Crippen molar-refractivity contribution >= 4 is 26.9 Å². The van der Waals surface area contributed by atoms with E-state index in [4.69, 9.17) is 4.42 Å². The molecular formula is C13H9BrN2O2. The molecule has 0 spiro atoms. The van der Waals surface area contributed by atoms with E-state index in [-0.39, 0.29) is 5.63 Å². The number of hydrogen-bond donors (Lipinski definition) is 0. The third kappa shape index (κ3) is 2.09. The zero-order valence-corrected chi connectivity index (χ0v) is 10.9. The van der Waals surface area contributed by atoms with Crippen molar-refractivity contribution in [2.75, 3.05) is 0 Å². The maximum atomic E-state index is 11.5. The van der Waals surface area contributed by atoms with Crippen LogP contribution in [0.3, 0.4) is 0 Å². The maximum absolute atomic E-state index is 11.5. The number of benzene rings is 1. The van der Waals surface area contributed by atoms with Crippen molar-refractivity contribution in [2.45, 2.75) is 6.54 Å². The highest BCUT2D eigenvalue weighted by Gasteiger charge is 2.06. The molecule has 2 aromatic heterocycles. The second-order valence-corrected chi connectivity index (χ2v) is 4.85. The molecule has 0 saturated heterocycles. The first kappa shape index (κ1) is 11.2. The van der Waals surface area contributed by atoms with Gasteiger partial charge in [-0.2, -0.15) is 5.10 Å². The molecule has 0 N–H and O–H groups in total. The van der Waals surface area contributed by atoms with E-state index in [9.17, 15) is 4.79 Å². The van der Waals surface area contributed by atoms with Gasteiger partial charge in [0.2, 0.25) is 0 Å². The second-order valence-electron chi connectivity index (χ2n) is 3.93. The molecule has 90 valence electrons. The quantitative estimate of drug-likeness (QED) is 0.684. The van der Waals surface area contributed by atoms with Gasteiger partial charge in [0.25, 0.3) is 0 Å². The van der Waals surface area contributed by atoms with Crippen molar-refractivity contribution in [1.29, 1.82) is 0 Å². The van der Waals surface area contributed by atoms with Gasteiger partial charge in [-0.05, 0) is 29.8 Å². The summed E-state index contributed by atoms with van der Waals surface area (Å²) in [7, 11) is 0. The highest BCUT2D eigenvalue weighted by Crippen LogP contribution is 2.22. The van der Waals surface area contributed by atoms with Crippen molar-refractivity contribution in [3.8, 4) is 0 Å². The monoisotopic (exact) mass is 304 g/mol. The van der Waals surface area contributed by atoms with Crippen LogP contribution in [0.4, 0.5) is 0 Å². The Morgan fingerprint density at radius 3 is 3.00 bits per heavy atom. The Labute approximate surface area is 111 Å². The predicted molar refractivity (Wildman–Crippen MR) is 71.5 cm³/mol. The van der Waals surface area contributed by atoms with Crippen LogP contribution in [0.1, 0.15) is 5.56 Å². The molecule has 0 unspecified atom stereocenters. The van der Waals surface area contributed by atoms with Crippen LogP contribution in [0.25, 0.3) is 11.0 Å². The molecule has 3 aromatic rings. The maximum Gasteiger partial charge on any atom is 0.336 e. The largest absolute Gasteiger partial charge is 0.423 e. The highest BCUT2D eigenvalue weighted by molar-refractivity contribution is 9.10. The van der Waals surface area contributed by atoms with Crippen LogP contribution in [0.2, 0.25) is 0 Å². The molecule has 3 rings (SSSR count). The van der Waals surface area contributed by atoms with Gasteiger partial charge in [-0.3, -0.25) is 4.68 Å². The molecular weight excluding hydrogens is 296 g/mol. The second kappa shape index (κ2) is 4.42. The van der Waals surface area contributed by atoms with E-state index in [2.05, 4.69) is 21.0 Å².